The Balaban J connectivity index is 1.34. The van der Waals surface area contributed by atoms with Crippen molar-refractivity contribution in [3.8, 4) is 0 Å². The molecule has 1 N–H and O–H groups in total. The van der Waals surface area contributed by atoms with Crippen LogP contribution in [-0.2, 0) is 24.2 Å². The van der Waals surface area contributed by atoms with Crippen LogP contribution in [0.2, 0.25) is 0 Å². The molecule has 3 aromatic rings. The quantitative estimate of drug-likeness (QED) is 0.741. The van der Waals surface area contributed by atoms with Gasteiger partial charge in [-0.15, -0.1) is 0 Å². The Hall–Kier alpha value is -2.96. The number of hydrogen-bond acceptors (Lipinski definition) is 5. The van der Waals surface area contributed by atoms with Gasteiger partial charge in [0.1, 0.15) is 5.52 Å². The summed E-state index contributed by atoms with van der Waals surface area (Å²) >= 11 is 0. The second-order valence-electron chi connectivity index (χ2n) is 8.03. The second-order valence-corrected chi connectivity index (χ2v) is 8.03. The minimum Gasteiger partial charge on any atom is -0.354 e. The molecule has 1 saturated heterocycles. The third kappa shape index (κ3) is 3.57. The normalized spacial score (nSPS) is 19.2. The number of nitrogens with one attached hydrogen (secondary N) is 1. The number of hydrogen-bond donors (Lipinski definition) is 1. The zero-order valence-corrected chi connectivity index (χ0v) is 16.5. The topological polar surface area (TPSA) is 75.4 Å². The number of carbonyl (C=O) groups excluding carboxylic acids is 1. The highest BCUT2D eigenvalue weighted by atomic mass is 16.1. The number of amides is 1. The third-order valence-corrected chi connectivity index (χ3v) is 6.11. The fraction of sp³-hybridized carbons (Fsp3) is 0.455. The maximum atomic E-state index is 12.8. The zero-order chi connectivity index (χ0) is 19.6. The van der Waals surface area contributed by atoms with Crippen molar-refractivity contribution >= 4 is 17.2 Å². The highest BCUT2D eigenvalue weighted by molar-refractivity contribution is 5.80. The smallest absolute Gasteiger partial charge is 0.225 e. The molecule has 3 aromatic heterocycles. The SMILES string of the molecule is O=C(NCc1ccncc1)C1CCCN(c2nccn3nc4c(c23)CCCC4)C1. The molecule has 1 fully saturated rings. The van der Waals surface area contributed by atoms with E-state index >= 15 is 0 Å². The Morgan fingerprint density at radius 1 is 1.14 bits per heavy atom. The van der Waals surface area contributed by atoms with E-state index in [2.05, 4.69) is 15.2 Å². The van der Waals surface area contributed by atoms with Crippen LogP contribution < -0.4 is 10.2 Å². The molecule has 1 aliphatic carbocycles. The van der Waals surface area contributed by atoms with Crippen LogP contribution in [0.1, 0.15) is 42.5 Å². The van der Waals surface area contributed by atoms with Crippen molar-refractivity contribution in [1.29, 1.82) is 0 Å². The summed E-state index contributed by atoms with van der Waals surface area (Å²) in [5.74, 6) is 1.08. The summed E-state index contributed by atoms with van der Waals surface area (Å²) in [4.78, 5) is 23.8. The standard InChI is InChI=1S/C22H26N6O/c29-22(25-14-16-7-9-23-10-8-16)17-4-3-12-27(15-17)21-20-18-5-1-2-6-19(18)26-28(20)13-11-24-21/h7-11,13,17H,1-6,12,14-15H2,(H,25,29). The molecule has 0 spiro atoms. The number of piperidine rings is 1. The van der Waals surface area contributed by atoms with Gasteiger partial charge in [-0.3, -0.25) is 9.78 Å². The summed E-state index contributed by atoms with van der Waals surface area (Å²) in [6.07, 6.45) is 13.7. The number of rotatable bonds is 4. The monoisotopic (exact) mass is 390 g/mol. The Kier molecular flexibility index (Phi) is 4.87. The predicted octanol–water partition coefficient (Wildman–Crippen LogP) is 2.54. The maximum Gasteiger partial charge on any atom is 0.225 e. The lowest BCUT2D eigenvalue weighted by Gasteiger charge is -2.33. The van der Waals surface area contributed by atoms with E-state index in [0.29, 0.717) is 13.1 Å². The highest BCUT2D eigenvalue weighted by Crippen LogP contribution is 2.32. The minimum absolute atomic E-state index is 0.0219. The van der Waals surface area contributed by atoms with Crippen molar-refractivity contribution in [2.24, 2.45) is 5.92 Å². The zero-order valence-electron chi connectivity index (χ0n) is 16.5. The average molecular weight is 390 g/mol. The number of pyridine rings is 1. The number of nitrogens with zero attached hydrogens (tertiary/aromatic N) is 5. The molecule has 0 saturated carbocycles. The van der Waals surface area contributed by atoms with Gasteiger partial charge in [-0.25, -0.2) is 9.50 Å². The molecule has 7 heteroatoms. The average Bonchev–Trinajstić information content (AvgIpc) is 3.17. The van der Waals surface area contributed by atoms with Crippen molar-refractivity contribution in [1.82, 2.24) is 24.9 Å². The van der Waals surface area contributed by atoms with Crippen LogP contribution in [0.25, 0.3) is 5.52 Å². The van der Waals surface area contributed by atoms with E-state index in [1.165, 1.54) is 24.1 Å². The summed E-state index contributed by atoms with van der Waals surface area (Å²) in [7, 11) is 0. The van der Waals surface area contributed by atoms with Gasteiger partial charge in [0.2, 0.25) is 5.91 Å². The minimum atomic E-state index is -0.0219. The van der Waals surface area contributed by atoms with Crippen LogP contribution in [-0.4, -0.2) is 38.6 Å². The first kappa shape index (κ1) is 18.1. The largest absolute Gasteiger partial charge is 0.354 e. The molecule has 0 bridgehead atoms. The van der Waals surface area contributed by atoms with Crippen molar-refractivity contribution in [3.63, 3.8) is 0 Å². The summed E-state index contributed by atoms with van der Waals surface area (Å²) in [6.45, 7) is 2.18. The molecule has 1 amide bonds. The Labute approximate surface area is 170 Å². The predicted molar refractivity (Wildman–Crippen MR) is 111 cm³/mol. The first-order valence-electron chi connectivity index (χ1n) is 10.6. The molecule has 29 heavy (non-hydrogen) atoms. The highest BCUT2D eigenvalue weighted by Gasteiger charge is 2.29. The summed E-state index contributed by atoms with van der Waals surface area (Å²) < 4.78 is 1.99. The summed E-state index contributed by atoms with van der Waals surface area (Å²) in [5.41, 5.74) is 4.77. The number of aryl methyl sites for hydroxylation is 2. The van der Waals surface area contributed by atoms with E-state index in [4.69, 9.17) is 10.1 Å². The van der Waals surface area contributed by atoms with Crippen LogP contribution >= 0.6 is 0 Å². The molecule has 1 aliphatic heterocycles. The Morgan fingerprint density at radius 2 is 2.00 bits per heavy atom. The van der Waals surface area contributed by atoms with Crippen LogP contribution in [0, 0.1) is 5.92 Å². The molecule has 0 radical (unpaired) electrons. The third-order valence-electron chi connectivity index (χ3n) is 6.11. The van der Waals surface area contributed by atoms with Gasteiger partial charge in [-0.1, -0.05) is 0 Å². The van der Waals surface area contributed by atoms with E-state index in [1.54, 1.807) is 12.4 Å². The lowest BCUT2D eigenvalue weighted by molar-refractivity contribution is -0.125. The van der Waals surface area contributed by atoms with E-state index in [-0.39, 0.29) is 11.8 Å². The van der Waals surface area contributed by atoms with Gasteiger partial charge in [-0.05, 0) is 56.2 Å². The van der Waals surface area contributed by atoms with E-state index in [9.17, 15) is 4.79 Å². The van der Waals surface area contributed by atoms with Gasteiger partial charge in [-0.2, -0.15) is 5.10 Å². The van der Waals surface area contributed by atoms with Crippen molar-refractivity contribution in [2.75, 3.05) is 18.0 Å². The van der Waals surface area contributed by atoms with Gasteiger partial charge in [0, 0.05) is 50.0 Å². The summed E-state index contributed by atoms with van der Waals surface area (Å²) in [6, 6.07) is 3.86. The van der Waals surface area contributed by atoms with E-state index in [1.807, 2.05) is 29.0 Å². The molecule has 1 atom stereocenters. The maximum absolute atomic E-state index is 12.8. The molecule has 2 aliphatic rings. The fourth-order valence-corrected chi connectivity index (χ4v) is 4.60. The van der Waals surface area contributed by atoms with Crippen LogP contribution in [0.5, 0.6) is 0 Å². The fourth-order valence-electron chi connectivity index (χ4n) is 4.60. The van der Waals surface area contributed by atoms with Gasteiger partial charge >= 0.3 is 0 Å². The number of fused-ring (bicyclic) bond motifs is 3. The molecule has 7 nitrogen and oxygen atoms in total. The van der Waals surface area contributed by atoms with E-state index < -0.39 is 0 Å². The van der Waals surface area contributed by atoms with Gasteiger partial charge < -0.3 is 10.2 Å². The molecule has 0 aromatic carbocycles. The summed E-state index contributed by atoms with van der Waals surface area (Å²) in [5, 5.41) is 7.88. The van der Waals surface area contributed by atoms with E-state index in [0.717, 1.165) is 49.1 Å². The lowest BCUT2D eigenvalue weighted by Crippen LogP contribution is -2.43. The van der Waals surface area contributed by atoms with Gasteiger partial charge in [0.25, 0.3) is 0 Å². The Bertz CT molecular complexity index is 1010. The first-order chi connectivity index (χ1) is 14.3. The number of anilines is 1. The van der Waals surface area contributed by atoms with Crippen molar-refractivity contribution in [3.05, 3.63) is 53.7 Å². The number of carbonyl (C=O) groups is 1. The molecule has 5 rings (SSSR count). The number of aromatic nitrogens is 4. The van der Waals surface area contributed by atoms with Crippen LogP contribution in [0.15, 0.2) is 36.9 Å². The van der Waals surface area contributed by atoms with Gasteiger partial charge in [0.05, 0.1) is 11.6 Å². The lowest BCUT2D eigenvalue weighted by atomic mass is 9.95. The molecular weight excluding hydrogens is 364 g/mol. The van der Waals surface area contributed by atoms with Crippen LogP contribution in [0.4, 0.5) is 5.82 Å². The first-order valence-corrected chi connectivity index (χ1v) is 10.6. The second kappa shape index (κ2) is 7.81. The van der Waals surface area contributed by atoms with Crippen LogP contribution in [0.3, 0.4) is 0 Å². The molecule has 4 heterocycles. The molecule has 150 valence electrons. The van der Waals surface area contributed by atoms with Crippen molar-refractivity contribution < 1.29 is 4.79 Å². The molecular formula is C22H26N6O. The van der Waals surface area contributed by atoms with Gasteiger partial charge in [0.15, 0.2) is 5.82 Å². The molecule has 1 unspecified atom stereocenters. The Morgan fingerprint density at radius 3 is 2.90 bits per heavy atom. The van der Waals surface area contributed by atoms with Crippen molar-refractivity contribution in [2.45, 2.75) is 45.1 Å².